The van der Waals surface area contributed by atoms with Crippen LogP contribution in [0.3, 0.4) is 0 Å². The minimum Gasteiger partial charge on any atom is -0.489 e. The summed E-state index contributed by atoms with van der Waals surface area (Å²) in [6.45, 7) is 0.980. The van der Waals surface area contributed by atoms with E-state index in [1.807, 2.05) is 48.5 Å². The highest BCUT2D eigenvalue weighted by Gasteiger charge is 2.08. The molecular formula is C24H19Cl2N3O2. The number of hydrogen-bond donors (Lipinski definition) is 1. The highest BCUT2D eigenvalue weighted by molar-refractivity contribution is 6.30. The van der Waals surface area contributed by atoms with Gasteiger partial charge < -0.3 is 10.1 Å². The van der Waals surface area contributed by atoms with Gasteiger partial charge in [0, 0.05) is 21.8 Å². The van der Waals surface area contributed by atoms with Crippen LogP contribution in [0.15, 0.2) is 85.2 Å². The Hall–Kier alpha value is -3.28. The number of ether oxygens (including phenoxy) is 1. The molecule has 0 radical (unpaired) electrons. The van der Waals surface area contributed by atoms with E-state index in [9.17, 15) is 4.79 Å². The number of halogens is 2. The standard InChI is InChI=1S/C24H19Cl2N3O2/c25-20-10-6-17(7-11-20)14-29-15-22(13-27-29)28-24(30)19-8-4-18(5-9-19)16-31-23-3-1-2-21(26)12-23/h1-13,15H,14,16H2,(H,28,30). The smallest absolute Gasteiger partial charge is 0.255 e. The fourth-order valence-corrected chi connectivity index (χ4v) is 3.28. The van der Waals surface area contributed by atoms with E-state index < -0.39 is 0 Å². The Kier molecular flexibility index (Phi) is 6.55. The minimum absolute atomic E-state index is 0.201. The summed E-state index contributed by atoms with van der Waals surface area (Å²) >= 11 is 11.9. The molecule has 3 aromatic carbocycles. The lowest BCUT2D eigenvalue weighted by atomic mass is 10.1. The van der Waals surface area contributed by atoms with Crippen molar-refractivity contribution in [2.45, 2.75) is 13.2 Å². The first kappa shape index (κ1) is 21.0. The van der Waals surface area contributed by atoms with Crippen LogP contribution in [-0.2, 0) is 13.2 Å². The molecule has 0 aliphatic rings. The van der Waals surface area contributed by atoms with E-state index in [1.54, 1.807) is 41.3 Å². The fraction of sp³-hybridized carbons (Fsp3) is 0.0833. The molecule has 0 unspecified atom stereocenters. The lowest BCUT2D eigenvalue weighted by molar-refractivity contribution is 0.102. The minimum atomic E-state index is -0.201. The quantitative estimate of drug-likeness (QED) is 0.370. The van der Waals surface area contributed by atoms with Gasteiger partial charge in [-0.05, 0) is 53.6 Å². The third-order valence-electron chi connectivity index (χ3n) is 4.57. The van der Waals surface area contributed by atoms with Crippen LogP contribution in [0.5, 0.6) is 5.75 Å². The first-order valence-corrected chi connectivity index (χ1v) is 10.4. The molecule has 31 heavy (non-hydrogen) atoms. The van der Waals surface area contributed by atoms with Crippen molar-refractivity contribution in [2.75, 3.05) is 5.32 Å². The molecule has 0 fully saturated rings. The Labute approximate surface area is 190 Å². The topological polar surface area (TPSA) is 56.2 Å². The van der Waals surface area contributed by atoms with Crippen molar-refractivity contribution in [3.63, 3.8) is 0 Å². The van der Waals surface area contributed by atoms with Gasteiger partial charge in [-0.15, -0.1) is 0 Å². The molecule has 4 aromatic rings. The highest BCUT2D eigenvalue weighted by atomic mass is 35.5. The summed E-state index contributed by atoms with van der Waals surface area (Å²) in [5, 5.41) is 8.48. The fourth-order valence-electron chi connectivity index (χ4n) is 2.97. The van der Waals surface area contributed by atoms with E-state index in [-0.39, 0.29) is 5.91 Å². The van der Waals surface area contributed by atoms with Gasteiger partial charge in [-0.25, -0.2) is 0 Å². The van der Waals surface area contributed by atoms with Crippen LogP contribution in [0.25, 0.3) is 0 Å². The summed E-state index contributed by atoms with van der Waals surface area (Å²) in [6, 6.07) is 22.1. The van der Waals surface area contributed by atoms with E-state index in [4.69, 9.17) is 27.9 Å². The zero-order chi connectivity index (χ0) is 21.6. The van der Waals surface area contributed by atoms with Gasteiger partial charge >= 0.3 is 0 Å². The van der Waals surface area contributed by atoms with Gasteiger partial charge in [-0.2, -0.15) is 5.10 Å². The third kappa shape index (κ3) is 5.87. The molecule has 1 aromatic heterocycles. The van der Waals surface area contributed by atoms with E-state index >= 15 is 0 Å². The lowest BCUT2D eigenvalue weighted by Crippen LogP contribution is -2.11. The molecule has 5 nitrogen and oxygen atoms in total. The van der Waals surface area contributed by atoms with E-state index in [2.05, 4.69) is 10.4 Å². The number of rotatable bonds is 7. The monoisotopic (exact) mass is 451 g/mol. The number of hydrogen-bond acceptors (Lipinski definition) is 3. The van der Waals surface area contributed by atoms with Crippen molar-refractivity contribution < 1.29 is 9.53 Å². The second-order valence-electron chi connectivity index (χ2n) is 6.95. The van der Waals surface area contributed by atoms with Gasteiger partial charge in [-0.3, -0.25) is 9.48 Å². The van der Waals surface area contributed by atoms with Crippen molar-refractivity contribution in [2.24, 2.45) is 0 Å². The van der Waals surface area contributed by atoms with Crippen molar-refractivity contribution in [1.29, 1.82) is 0 Å². The van der Waals surface area contributed by atoms with Gasteiger partial charge in [0.2, 0.25) is 0 Å². The van der Waals surface area contributed by atoms with Crippen molar-refractivity contribution >= 4 is 34.8 Å². The van der Waals surface area contributed by atoms with Crippen molar-refractivity contribution in [3.05, 3.63) is 112 Å². The number of nitrogens with one attached hydrogen (secondary N) is 1. The molecule has 7 heteroatoms. The molecule has 1 amide bonds. The predicted octanol–water partition coefficient (Wildman–Crippen LogP) is 6.07. The number of nitrogens with zero attached hydrogens (tertiary/aromatic N) is 2. The molecule has 1 heterocycles. The van der Waals surface area contributed by atoms with Crippen LogP contribution >= 0.6 is 23.2 Å². The molecule has 0 bridgehead atoms. The molecule has 0 aliphatic heterocycles. The summed E-state index contributed by atoms with van der Waals surface area (Å²) in [7, 11) is 0. The average Bonchev–Trinajstić information content (AvgIpc) is 3.21. The summed E-state index contributed by atoms with van der Waals surface area (Å²) < 4.78 is 7.48. The number of carbonyl (C=O) groups excluding carboxylic acids is 1. The largest absolute Gasteiger partial charge is 0.489 e. The molecule has 0 spiro atoms. The van der Waals surface area contributed by atoms with Crippen LogP contribution in [0.1, 0.15) is 21.5 Å². The Balaban J connectivity index is 1.32. The number of aromatic nitrogens is 2. The van der Waals surface area contributed by atoms with Crippen molar-refractivity contribution in [3.8, 4) is 5.75 Å². The van der Waals surface area contributed by atoms with Gasteiger partial charge in [0.1, 0.15) is 12.4 Å². The summed E-state index contributed by atoms with van der Waals surface area (Å²) in [5.41, 5.74) is 3.21. The van der Waals surface area contributed by atoms with Crippen LogP contribution in [0, 0.1) is 0 Å². The Morgan fingerprint density at radius 1 is 0.935 bits per heavy atom. The molecule has 1 N–H and O–H groups in total. The molecule has 0 atom stereocenters. The Bertz CT molecular complexity index is 1170. The maximum Gasteiger partial charge on any atom is 0.255 e. The Morgan fingerprint density at radius 2 is 1.68 bits per heavy atom. The van der Waals surface area contributed by atoms with Crippen LogP contribution in [0.2, 0.25) is 10.0 Å². The third-order valence-corrected chi connectivity index (χ3v) is 5.05. The molecule has 0 saturated heterocycles. The number of amides is 1. The average molecular weight is 452 g/mol. The summed E-state index contributed by atoms with van der Waals surface area (Å²) in [4.78, 5) is 12.5. The zero-order valence-electron chi connectivity index (χ0n) is 16.5. The lowest BCUT2D eigenvalue weighted by Gasteiger charge is -2.08. The molecule has 0 aliphatic carbocycles. The second-order valence-corrected chi connectivity index (χ2v) is 7.82. The van der Waals surface area contributed by atoms with E-state index in [1.165, 1.54) is 0 Å². The normalized spacial score (nSPS) is 10.6. The molecule has 4 rings (SSSR count). The van der Waals surface area contributed by atoms with E-state index in [0.29, 0.717) is 40.2 Å². The molecular weight excluding hydrogens is 433 g/mol. The number of anilines is 1. The molecule has 0 saturated carbocycles. The van der Waals surface area contributed by atoms with Gasteiger partial charge in [0.25, 0.3) is 5.91 Å². The van der Waals surface area contributed by atoms with E-state index in [0.717, 1.165) is 11.1 Å². The predicted molar refractivity (Wildman–Crippen MR) is 123 cm³/mol. The van der Waals surface area contributed by atoms with Crippen LogP contribution in [0.4, 0.5) is 5.69 Å². The summed E-state index contributed by atoms with van der Waals surface area (Å²) in [5.74, 6) is 0.498. The second kappa shape index (κ2) is 9.69. The number of benzene rings is 3. The molecule has 156 valence electrons. The zero-order valence-corrected chi connectivity index (χ0v) is 18.0. The maximum atomic E-state index is 12.5. The van der Waals surface area contributed by atoms with Gasteiger partial charge in [0.15, 0.2) is 0 Å². The summed E-state index contributed by atoms with van der Waals surface area (Å²) in [6.07, 6.45) is 3.42. The van der Waals surface area contributed by atoms with Crippen LogP contribution < -0.4 is 10.1 Å². The van der Waals surface area contributed by atoms with Gasteiger partial charge in [0.05, 0.1) is 18.4 Å². The Morgan fingerprint density at radius 3 is 2.42 bits per heavy atom. The first-order valence-electron chi connectivity index (χ1n) is 9.61. The first-order chi connectivity index (χ1) is 15.0. The SMILES string of the molecule is O=C(Nc1cnn(Cc2ccc(Cl)cc2)c1)c1ccc(COc2cccc(Cl)c2)cc1. The van der Waals surface area contributed by atoms with Crippen LogP contribution in [-0.4, -0.2) is 15.7 Å². The highest BCUT2D eigenvalue weighted by Crippen LogP contribution is 2.19. The van der Waals surface area contributed by atoms with Crippen molar-refractivity contribution in [1.82, 2.24) is 9.78 Å². The maximum absolute atomic E-state index is 12.5. The number of carbonyl (C=O) groups is 1. The van der Waals surface area contributed by atoms with Gasteiger partial charge in [-0.1, -0.05) is 53.5 Å².